The normalized spacial score (nSPS) is 23.8. The van der Waals surface area contributed by atoms with Crippen molar-refractivity contribution in [2.45, 2.75) is 64.7 Å². The molecule has 0 saturated heterocycles. The van der Waals surface area contributed by atoms with Gasteiger partial charge in [0.1, 0.15) is 0 Å². The Hall–Kier alpha value is -1.03. The fourth-order valence-corrected chi connectivity index (χ4v) is 3.33. The minimum absolute atomic E-state index is 0.139. The van der Waals surface area contributed by atoms with Gasteiger partial charge in [0.25, 0.3) is 0 Å². The van der Waals surface area contributed by atoms with Crippen molar-refractivity contribution in [3.8, 4) is 0 Å². The summed E-state index contributed by atoms with van der Waals surface area (Å²) in [6, 6.07) is 5.83. The average molecular weight is 299 g/mol. The number of hydrogen-bond acceptors (Lipinski definition) is 1. The fraction of sp³-hybridized carbons (Fsp3) is 0.647. The lowest BCUT2D eigenvalue weighted by Gasteiger charge is -2.41. The molecule has 1 aromatic carbocycles. The summed E-state index contributed by atoms with van der Waals surface area (Å²) >= 11 is 0. The van der Waals surface area contributed by atoms with Crippen LogP contribution in [-0.2, 0) is 6.18 Å². The van der Waals surface area contributed by atoms with E-state index in [2.05, 4.69) is 19.2 Å². The molecule has 4 heteroatoms. The summed E-state index contributed by atoms with van der Waals surface area (Å²) in [5.41, 5.74) is -0.0512. The molecule has 1 saturated carbocycles. The number of rotatable bonds is 3. The van der Waals surface area contributed by atoms with Crippen LogP contribution in [0.25, 0.3) is 0 Å². The summed E-state index contributed by atoms with van der Waals surface area (Å²) in [5.74, 6) is 0. The molecule has 1 aromatic rings. The van der Waals surface area contributed by atoms with E-state index in [9.17, 15) is 13.2 Å². The van der Waals surface area contributed by atoms with Crippen LogP contribution in [0.3, 0.4) is 0 Å². The van der Waals surface area contributed by atoms with Crippen molar-refractivity contribution in [2.75, 3.05) is 0 Å². The quantitative estimate of drug-likeness (QED) is 0.796. The zero-order chi connectivity index (χ0) is 15.7. The molecule has 0 radical (unpaired) electrons. The van der Waals surface area contributed by atoms with Crippen molar-refractivity contribution in [1.82, 2.24) is 5.32 Å². The monoisotopic (exact) mass is 299 g/mol. The summed E-state index contributed by atoms with van der Waals surface area (Å²) in [5, 5.41) is 3.44. The SMILES string of the molecule is CC(NC1CCCCC1(C)C)c1ccccc1C(F)(F)F. The number of halogens is 3. The Balaban J connectivity index is 2.19. The Morgan fingerprint density at radius 3 is 2.48 bits per heavy atom. The topological polar surface area (TPSA) is 12.0 Å². The van der Waals surface area contributed by atoms with Gasteiger partial charge in [-0.05, 0) is 36.8 Å². The van der Waals surface area contributed by atoms with Crippen LogP contribution < -0.4 is 5.32 Å². The molecule has 2 unspecified atom stereocenters. The fourth-order valence-electron chi connectivity index (χ4n) is 3.33. The van der Waals surface area contributed by atoms with Crippen LogP contribution in [0.5, 0.6) is 0 Å². The Morgan fingerprint density at radius 2 is 1.86 bits per heavy atom. The van der Waals surface area contributed by atoms with Crippen LogP contribution in [0, 0.1) is 5.41 Å². The van der Waals surface area contributed by atoms with E-state index in [1.54, 1.807) is 12.1 Å². The first-order valence-electron chi connectivity index (χ1n) is 7.64. The lowest BCUT2D eigenvalue weighted by Crippen LogP contribution is -2.45. The Kier molecular flexibility index (Phi) is 4.66. The van der Waals surface area contributed by atoms with Gasteiger partial charge in [-0.25, -0.2) is 0 Å². The largest absolute Gasteiger partial charge is 0.416 e. The zero-order valence-electron chi connectivity index (χ0n) is 12.9. The first-order valence-corrected chi connectivity index (χ1v) is 7.64. The highest BCUT2D eigenvalue weighted by Crippen LogP contribution is 2.38. The third-order valence-electron chi connectivity index (χ3n) is 4.69. The molecule has 0 aromatic heterocycles. The van der Waals surface area contributed by atoms with Crippen LogP contribution in [0.15, 0.2) is 24.3 Å². The van der Waals surface area contributed by atoms with Crippen molar-refractivity contribution >= 4 is 0 Å². The van der Waals surface area contributed by atoms with Gasteiger partial charge in [-0.15, -0.1) is 0 Å². The number of nitrogens with one attached hydrogen (secondary N) is 1. The van der Waals surface area contributed by atoms with Crippen molar-refractivity contribution in [3.05, 3.63) is 35.4 Å². The third-order valence-corrected chi connectivity index (χ3v) is 4.69. The summed E-state index contributed by atoms with van der Waals surface area (Å²) in [6.07, 6.45) is 0.214. The van der Waals surface area contributed by atoms with Crippen LogP contribution in [0.1, 0.15) is 63.6 Å². The number of hydrogen-bond donors (Lipinski definition) is 1. The zero-order valence-corrected chi connectivity index (χ0v) is 12.9. The predicted octanol–water partition coefficient (Wildman–Crippen LogP) is 5.32. The second kappa shape index (κ2) is 5.99. The standard InChI is InChI=1S/C17H24F3N/c1-12(21-15-10-6-7-11-16(15,2)3)13-8-4-5-9-14(13)17(18,19)20/h4-5,8-9,12,15,21H,6-7,10-11H2,1-3H3. The molecule has 0 aliphatic heterocycles. The van der Waals surface area contributed by atoms with Gasteiger partial charge >= 0.3 is 6.18 Å². The maximum Gasteiger partial charge on any atom is 0.416 e. The minimum atomic E-state index is -4.30. The van der Waals surface area contributed by atoms with E-state index in [4.69, 9.17) is 0 Å². The second-order valence-electron chi connectivity index (χ2n) is 6.76. The van der Waals surface area contributed by atoms with Crippen molar-refractivity contribution in [2.24, 2.45) is 5.41 Å². The molecule has 118 valence electrons. The molecule has 0 amide bonds. The summed E-state index contributed by atoms with van der Waals surface area (Å²) in [7, 11) is 0. The smallest absolute Gasteiger partial charge is 0.307 e. The van der Waals surface area contributed by atoms with E-state index in [-0.39, 0.29) is 17.5 Å². The van der Waals surface area contributed by atoms with E-state index in [0.717, 1.165) is 19.3 Å². The van der Waals surface area contributed by atoms with Crippen LogP contribution in [0.4, 0.5) is 13.2 Å². The second-order valence-corrected chi connectivity index (χ2v) is 6.76. The molecule has 1 nitrogen and oxygen atoms in total. The predicted molar refractivity (Wildman–Crippen MR) is 79.0 cm³/mol. The third kappa shape index (κ3) is 3.79. The van der Waals surface area contributed by atoms with Gasteiger partial charge in [0.15, 0.2) is 0 Å². The first kappa shape index (κ1) is 16.3. The van der Waals surface area contributed by atoms with Gasteiger partial charge in [-0.3, -0.25) is 0 Å². The van der Waals surface area contributed by atoms with Crippen molar-refractivity contribution in [1.29, 1.82) is 0 Å². The van der Waals surface area contributed by atoms with Crippen LogP contribution in [0.2, 0.25) is 0 Å². The highest BCUT2D eigenvalue weighted by molar-refractivity contribution is 5.32. The molecular weight excluding hydrogens is 275 g/mol. The summed E-state index contributed by atoms with van der Waals surface area (Å²) in [6.45, 7) is 6.23. The minimum Gasteiger partial charge on any atom is -0.307 e. The van der Waals surface area contributed by atoms with E-state index < -0.39 is 11.7 Å². The number of alkyl halides is 3. The lowest BCUT2D eigenvalue weighted by molar-refractivity contribution is -0.138. The van der Waals surface area contributed by atoms with Gasteiger partial charge in [-0.2, -0.15) is 13.2 Å². The van der Waals surface area contributed by atoms with E-state index >= 15 is 0 Å². The molecule has 0 spiro atoms. The Bertz CT molecular complexity index is 479. The Labute approximate surface area is 124 Å². The molecule has 0 heterocycles. The van der Waals surface area contributed by atoms with Gasteiger partial charge in [0.2, 0.25) is 0 Å². The maximum absolute atomic E-state index is 13.1. The van der Waals surface area contributed by atoms with E-state index in [1.165, 1.54) is 18.6 Å². The van der Waals surface area contributed by atoms with Crippen LogP contribution >= 0.6 is 0 Å². The molecular formula is C17H24F3N. The summed E-state index contributed by atoms with van der Waals surface area (Å²) < 4.78 is 39.3. The molecule has 2 rings (SSSR count). The molecule has 0 bridgehead atoms. The molecule has 2 atom stereocenters. The van der Waals surface area contributed by atoms with Crippen molar-refractivity contribution < 1.29 is 13.2 Å². The highest BCUT2D eigenvalue weighted by atomic mass is 19.4. The highest BCUT2D eigenvalue weighted by Gasteiger charge is 2.36. The van der Waals surface area contributed by atoms with E-state index in [1.807, 2.05) is 6.92 Å². The maximum atomic E-state index is 13.1. The number of benzene rings is 1. The molecule has 1 aliphatic carbocycles. The molecule has 21 heavy (non-hydrogen) atoms. The molecule has 1 aliphatic rings. The van der Waals surface area contributed by atoms with Crippen molar-refractivity contribution in [3.63, 3.8) is 0 Å². The van der Waals surface area contributed by atoms with Gasteiger partial charge in [-0.1, -0.05) is 44.9 Å². The van der Waals surface area contributed by atoms with Gasteiger partial charge in [0.05, 0.1) is 5.56 Å². The van der Waals surface area contributed by atoms with E-state index in [0.29, 0.717) is 5.56 Å². The lowest BCUT2D eigenvalue weighted by atomic mass is 9.73. The molecule has 1 fully saturated rings. The Morgan fingerprint density at radius 1 is 1.19 bits per heavy atom. The molecule has 1 N–H and O–H groups in total. The van der Waals surface area contributed by atoms with Gasteiger partial charge < -0.3 is 5.32 Å². The first-order chi connectivity index (χ1) is 9.72. The average Bonchev–Trinajstić information content (AvgIpc) is 2.40. The van der Waals surface area contributed by atoms with Crippen LogP contribution in [-0.4, -0.2) is 6.04 Å². The summed E-state index contributed by atoms with van der Waals surface area (Å²) in [4.78, 5) is 0. The van der Waals surface area contributed by atoms with Gasteiger partial charge in [0, 0.05) is 12.1 Å².